The average molecular weight is 474 g/mol. The van der Waals surface area contributed by atoms with Gasteiger partial charge in [0.2, 0.25) is 5.43 Å². The van der Waals surface area contributed by atoms with Gasteiger partial charge in [0.25, 0.3) is 0 Å². The van der Waals surface area contributed by atoms with Gasteiger partial charge in [-0.3, -0.25) is 4.79 Å². The Bertz CT molecular complexity index is 1200. The van der Waals surface area contributed by atoms with Gasteiger partial charge in [0, 0.05) is 43.8 Å². The number of carboxylic acid groups (broad SMARTS) is 1. The van der Waals surface area contributed by atoms with Crippen molar-refractivity contribution in [3.63, 3.8) is 0 Å². The summed E-state index contributed by atoms with van der Waals surface area (Å²) in [5, 5.41) is 9.51. The predicted molar refractivity (Wildman–Crippen MR) is 127 cm³/mol. The molecule has 2 fully saturated rings. The fraction of sp³-hybridized carbons (Fsp3) is 0.560. The lowest BCUT2D eigenvalue weighted by atomic mass is 10.00. The second-order valence-electron chi connectivity index (χ2n) is 10.5. The van der Waals surface area contributed by atoms with Crippen molar-refractivity contribution >= 4 is 28.7 Å². The molecule has 4 rings (SSSR count). The molecule has 2 aromatic rings. The number of halogens is 1. The van der Waals surface area contributed by atoms with Crippen LogP contribution >= 0.6 is 0 Å². The summed E-state index contributed by atoms with van der Waals surface area (Å²) in [5.41, 5.74) is -0.655. The van der Waals surface area contributed by atoms with Crippen LogP contribution < -0.4 is 10.3 Å². The summed E-state index contributed by atoms with van der Waals surface area (Å²) in [6.07, 6.45) is 3.56. The van der Waals surface area contributed by atoms with Crippen LogP contribution in [-0.2, 0) is 4.74 Å². The molecule has 0 radical (unpaired) electrons. The molecule has 1 aliphatic carbocycles. The van der Waals surface area contributed by atoms with Crippen molar-refractivity contribution in [1.82, 2.24) is 9.47 Å². The maximum Gasteiger partial charge on any atom is 0.410 e. The van der Waals surface area contributed by atoms with E-state index in [9.17, 15) is 19.5 Å². The van der Waals surface area contributed by atoms with E-state index in [4.69, 9.17) is 4.74 Å². The third kappa shape index (κ3) is 4.60. The van der Waals surface area contributed by atoms with Gasteiger partial charge in [-0.05, 0) is 65.0 Å². The molecule has 2 atom stereocenters. The molecule has 1 aliphatic heterocycles. The molecule has 2 aliphatic rings. The molecule has 8 nitrogen and oxygen atoms in total. The Kier molecular flexibility index (Phi) is 6.08. The lowest BCUT2D eigenvalue weighted by molar-refractivity contribution is 0.0192. The molecular formula is C25H32FN3O5. The number of amides is 1. The Hall–Kier alpha value is -3.10. The Labute approximate surface area is 197 Å². The van der Waals surface area contributed by atoms with Gasteiger partial charge in [0.15, 0.2) is 0 Å². The molecule has 0 spiro atoms. The van der Waals surface area contributed by atoms with Gasteiger partial charge in [0.1, 0.15) is 17.0 Å². The number of hydrogen-bond donors (Lipinski definition) is 1. The molecule has 1 saturated carbocycles. The lowest BCUT2D eigenvalue weighted by Crippen LogP contribution is -2.43. The Morgan fingerprint density at radius 3 is 2.50 bits per heavy atom. The molecule has 1 saturated heterocycles. The number of rotatable bonds is 5. The van der Waals surface area contributed by atoms with Gasteiger partial charge in [0.05, 0.1) is 11.2 Å². The summed E-state index contributed by atoms with van der Waals surface area (Å²) in [4.78, 5) is 40.3. The molecule has 2 heterocycles. The average Bonchev–Trinajstić information content (AvgIpc) is 3.47. The number of benzene rings is 1. The minimum atomic E-state index is -1.31. The second kappa shape index (κ2) is 8.60. The van der Waals surface area contributed by atoms with Gasteiger partial charge in [-0.25, -0.2) is 14.0 Å². The number of pyridine rings is 1. The SMILES string of the molecule is C[C@H]([C@H]1CCN(c2cc3c(cc2F)c(=O)c(C(=O)O)cn3C2CC2)C1)N(C)C(=O)OC(C)(C)C. The van der Waals surface area contributed by atoms with E-state index in [1.807, 2.05) is 32.6 Å². The van der Waals surface area contributed by atoms with E-state index in [-0.39, 0.29) is 29.0 Å². The number of aromatic carboxylic acids is 1. The predicted octanol–water partition coefficient (Wildman–Crippen LogP) is 4.26. The minimum Gasteiger partial charge on any atom is -0.477 e. The van der Waals surface area contributed by atoms with Crippen molar-refractivity contribution in [2.45, 2.75) is 64.6 Å². The Morgan fingerprint density at radius 2 is 1.91 bits per heavy atom. The topological polar surface area (TPSA) is 92.1 Å². The number of carbonyl (C=O) groups excluding carboxylic acids is 1. The van der Waals surface area contributed by atoms with Crippen molar-refractivity contribution in [3.05, 3.63) is 39.9 Å². The largest absolute Gasteiger partial charge is 0.477 e. The molecule has 34 heavy (non-hydrogen) atoms. The van der Waals surface area contributed by atoms with Crippen LogP contribution in [0.3, 0.4) is 0 Å². The van der Waals surface area contributed by atoms with Crippen molar-refractivity contribution in [1.29, 1.82) is 0 Å². The van der Waals surface area contributed by atoms with Crippen LogP contribution in [0, 0.1) is 11.7 Å². The summed E-state index contributed by atoms with van der Waals surface area (Å²) in [6, 6.07) is 2.85. The molecule has 184 valence electrons. The normalized spacial score (nSPS) is 19.4. The molecule has 1 aromatic heterocycles. The molecule has 1 N–H and O–H groups in total. The number of hydrogen-bond acceptors (Lipinski definition) is 5. The first-order valence-electron chi connectivity index (χ1n) is 11.7. The van der Waals surface area contributed by atoms with Crippen molar-refractivity contribution in [3.8, 4) is 0 Å². The Balaban J connectivity index is 1.61. The maximum absolute atomic E-state index is 15.2. The maximum atomic E-state index is 15.2. The van der Waals surface area contributed by atoms with Gasteiger partial charge < -0.3 is 24.2 Å². The van der Waals surface area contributed by atoms with Crippen LogP contribution in [0.15, 0.2) is 23.1 Å². The van der Waals surface area contributed by atoms with Gasteiger partial charge >= 0.3 is 12.1 Å². The van der Waals surface area contributed by atoms with Crippen LogP contribution in [0.4, 0.5) is 14.9 Å². The first-order chi connectivity index (χ1) is 15.9. The van der Waals surface area contributed by atoms with E-state index in [0.29, 0.717) is 24.3 Å². The molecular weight excluding hydrogens is 441 g/mol. The van der Waals surface area contributed by atoms with E-state index >= 15 is 4.39 Å². The van der Waals surface area contributed by atoms with E-state index in [1.54, 1.807) is 22.6 Å². The fourth-order valence-electron chi connectivity index (χ4n) is 4.62. The quantitative estimate of drug-likeness (QED) is 0.698. The summed E-state index contributed by atoms with van der Waals surface area (Å²) in [7, 11) is 1.71. The highest BCUT2D eigenvalue weighted by atomic mass is 19.1. The van der Waals surface area contributed by atoms with Crippen LogP contribution in [0.2, 0.25) is 0 Å². The summed E-state index contributed by atoms with van der Waals surface area (Å²) in [5.74, 6) is -1.74. The van der Waals surface area contributed by atoms with Crippen molar-refractivity contribution in [2.75, 3.05) is 25.0 Å². The summed E-state index contributed by atoms with van der Waals surface area (Å²) in [6.45, 7) is 8.60. The number of carbonyl (C=O) groups is 2. The summed E-state index contributed by atoms with van der Waals surface area (Å²) < 4.78 is 22.5. The Morgan fingerprint density at radius 1 is 1.24 bits per heavy atom. The van der Waals surface area contributed by atoms with Crippen molar-refractivity contribution < 1.29 is 23.8 Å². The minimum absolute atomic E-state index is 0.0850. The first kappa shape index (κ1) is 24.0. The van der Waals surface area contributed by atoms with Crippen LogP contribution in [0.1, 0.15) is 63.4 Å². The zero-order valence-corrected chi connectivity index (χ0v) is 20.3. The van der Waals surface area contributed by atoms with Gasteiger partial charge in [-0.15, -0.1) is 0 Å². The fourth-order valence-corrected chi connectivity index (χ4v) is 4.62. The number of aromatic nitrogens is 1. The monoisotopic (exact) mass is 473 g/mol. The standard InChI is InChI=1S/C25H32FN3O5/c1-14(27(5)24(33)34-25(2,3)4)15-8-9-28(12-15)21-11-20-17(10-19(21)26)22(30)18(23(31)32)13-29(20)16-6-7-16/h10-11,13-16H,6-9,12H2,1-5H3,(H,31,32)/t14-,15+/m1/s1. The van der Waals surface area contributed by atoms with Crippen LogP contribution in [0.5, 0.6) is 0 Å². The zero-order valence-electron chi connectivity index (χ0n) is 20.3. The third-order valence-corrected chi connectivity index (χ3v) is 6.81. The molecule has 0 unspecified atom stereocenters. The molecule has 1 aromatic carbocycles. The molecule has 9 heteroatoms. The first-order valence-corrected chi connectivity index (χ1v) is 11.7. The van der Waals surface area contributed by atoms with E-state index < -0.39 is 28.9 Å². The number of nitrogens with zero attached hydrogens (tertiary/aromatic N) is 3. The van der Waals surface area contributed by atoms with Gasteiger partial charge in [-0.1, -0.05) is 0 Å². The van der Waals surface area contributed by atoms with E-state index in [0.717, 1.165) is 19.3 Å². The number of fused-ring (bicyclic) bond motifs is 1. The zero-order chi connectivity index (χ0) is 24.9. The van der Waals surface area contributed by atoms with Crippen LogP contribution in [-0.4, -0.2) is 58.4 Å². The smallest absolute Gasteiger partial charge is 0.410 e. The third-order valence-electron chi connectivity index (χ3n) is 6.81. The molecule has 1 amide bonds. The van der Waals surface area contributed by atoms with Gasteiger partial charge in [-0.2, -0.15) is 0 Å². The highest BCUT2D eigenvalue weighted by molar-refractivity contribution is 5.93. The van der Waals surface area contributed by atoms with E-state index in [1.165, 1.54) is 12.3 Å². The highest BCUT2D eigenvalue weighted by Gasteiger charge is 2.34. The van der Waals surface area contributed by atoms with Crippen molar-refractivity contribution in [2.24, 2.45) is 5.92 Å². The second-order valence-corrected chi connectivity index (χ2v) is 10.5. The molecule has 0 bridgehead atoms. The van der Waals surface area contributed by atoms with E-state index in [2.05, 4.69) is 0 Å². The lowest BCUT2D eigenvalue weighted by Gasteiger charge is -2.32. The number of anilines is 1. The summed E-state index contributed by atoms with van der Waals surface area (Å²) >= 11 is 0. The highest BCUT2D eigenvalue weighted by Crippen LogP contribution is 2.39. The van der Waals surface area contributed by atoms with Crippen LogP contribution in [0.25, 0.3) is 10.9 Å². The number of ether oxygens (including phenoxy) is 1. The number of carboxylic acids is 1.